The zero-order valence-corrected chi connectivity index (χ0v) is 10.5. The van der Waals surface area contributed by atoms with E-state index in [4.69, 9.17) is 0 Å². The second kappa shape index (κ2) is 6.52. The standard InChI is InChI=1S/C15H13F4N/c16-13-4-5-14(17)12(7-13)9-20-8-10-2-1-3-11(6-10)15(18)19/h1-7,15,20H,8-9H2. The molecule has 1 N–H and O–H groups in total. The van der Waals surface area contributed by atoms with Crippen molar-refractivity contribution in [1.82, 2.24) is 5.32 Å². The molecule has 2 aromatic carbocycles. The summed E-state index contributed by atoms with van der Waals surface area (Å²) in [6, 6.07) is 9.19. The van der Waals surface area contributed by atoms with E-state index in [2.05, 4.69) is 5.32 Å². The molecule has 5 heteroatoms. The molecule has 0 heterocycles. The van der Waals surface area contributed by atoms with Crippen LogP contribution < -0.4 is 5.32 Å². The summed E-state index contributed by atoms with van der Waals surface area (Å²) in [5, 5.41) is 2.90. The Kier molecular flexibility index (Phi) is 4.74. The van der Waals surface area contributed by atoms with E-state index in [1.807, 2.05) is 0 Å². The Morgan fingerprint density at radius 3 is 2.50 bits per heavy atom. The fraction of sp³-hybridized carbons (Fsp3) is 0.200. The maximum absolute atomic E-state index is 13.4. The molecular formula is C15H13F4N. The topological polar surface area (TPSA) is 12.0 Å². The molecule has 0 aliphatic heterocycles. The second-order valence-corrected chi connectivity index (χ2v) is 4.39. The Labute approximate surface area is 114 Å². The molecule has 0 saturated carbocycles. The van der Waals surface area contributed by atoms with Crippen molar-refractivity contribution in [3.8, 4) is 0 Å². The van der Waals surface area contributed by atoms with Crippen molar-refractivity contribution in [3.05, 3.63) is 70.8 Å². The molecule has 0 fully saturated rings. The Balaban J connectivity index is 1.96. The molecule has 0 aliphatic carbocycles. The zero-order valence-electron chi connectivity index (χ0n) is 10.5. The molecule has 2 aromatic rings. The Morgan fingerprint density at radius 2 is 1.75 bits per heavy atom. The van der Waals surface area contributed by atoms with Crippen molar-refractivity contribution in [2.75, 3.05) is 0 Å². The number of rotatable bonds is 5. The minimum Gasteiger partial charge on any atom is -0.309 e. The highest BCUT2D eigenvalue weighted by Crippen LogP contribution is 2.19. The first kappa shape index (κ1) is 14.5. The van der Waals surface area contributed by atoms with Crippen molar-refractivity contribution in [3.63, 3.8) is 0 Å². The van der Waals surface area contributed by atoms with Gasteiger partial charge in [0.05, 0.1) is 0 Å². The highest BCUT2D eigenvalue weighted by molar-refractivity contribution is 5.24. The van der Waals surface area contributed by atoms with Crippen LogP contribution in [-0.4, -0.2) is 0 Å². The van der Waals surface area contributed by atoms with Gasteiger partial charge in [0.15, 0.2) is 0 Å². The fourth-order valence-electron chi connectivity index (χ4n) is 1.86. The number of benzene rings is 2. The molecule has 0 atom stereocenters. The molecule has 1 nitrogen and oxygen atoms in total. The third kappa shape index (κ3) is 3.81. The van der Waals surface area contributed by atoms with Gasteiger partial charge in [-0.1, -0.05) is 18.2 Å². The highest BCUT2D eigenvalue weighted by Gasteiger charge is 2.07. The third-order valence-corrected chi connectivity index (χ3v) is 2.86. The summed E-state index contributed by atoms with van der Waals surface area (Å²) in [6.45, 7) is 0.430. The van der Waals surface area contributed by atoms with E-state index < -0.39 is 18.1 Å². The first-order valence-electron chi connectivity index (χ1n) is 6.08. The molecular weight excluding hydrogens is 270 g/mol. The summed E-state index contributed by atoms with van der Waals surface area (Å²) in [6.07, 6.45) is -2.52. The van der Waals surface area contributed by atoms with E-state index in [9.17, 15) is 17.6 Å². The van der Waals surface area contributed by atoms with Crippen LogP contribution in [0.25, 0.3) is 0 Å². The van der Waals surface area contributed by atoms with Gasteiger partial charge >= 0.3 is 0 Å². The van der Waals surface area contributed by atoms with Gasteiger partial charge in [-0.15, -0.1) is 0 Å². The fourth-order valence-corrected chi connectivity index (χ4v) is 1.86. The molecule has 106 valence electrons. The van der Waals surface area contributed by atoms with Crippen LogP contribution in [0.4, 0.5) is 17.6 Å². The number of halogens is 4. The average Bonchev–Trinajstić information content (AvgIpc) is 2.43. The van der Waals surface area contributed by atoms with Crippen molar-refractivity contribution < 1.29 is 17.6 Å². The Bertz CT molecular complexity index is 584. The van der Waals surface area contributed by atoms with E-state index in [-0.39, 0.29) is 17.7 Å². The average molecular weight is 283 g/mol. The van der Waals surface area contributed by atoms with Gasteiger partial charge in [-0.2, -0.15) is 0 Å². The molecule has 0 unspecified atom stereocenters. The lowest BCUT2D eigenvalue weighted by molar-refractivity contribution is 0.151. The van der Waals surface area contributed by atoms with E-state index in [0.717, 1.165) is 18.2 Å². The first-order valence-corrected chi connectivity index (χ1v) is 6.08. The summed E-state index contributed by atoms with van der Waals surface area (Å²) in [5.41, 5.74) is 0.816. The number of hydrogen-bond donors (Lipinski definition) is 1. The van der Waals surface area contributed by atoms with Crippen LogP contribution in [0, 0.1) is 11.6 Å². The number of alkyl halides is 2. The lowest BCUT2D eigenvalue weighted by Crippen LogP contribution is -2.14. The van der Waals surface area contributed by atoms with Crippen LogP contribution in [-0.2, 0) is 13.1 Å². The molecule has 2 rings (SSSR count). The largest absolute Gasteiger partial charge is 0.309 e. The monoisotopic (exact) mass is 283 g/mol. The Morgan fingerprint density at radius 1 is 0.950 bits per heavy atom. The second-order valence-electron chi connectivity index (χ2n) is 4.39. The number of nitrogens with one attached hydrogen (secondary N) is 1. The molecule has 0 aliphatic rings. The van der Waals surface area contributed by atoms with E-state index in [1.54, 1.807) is 12.1 Å². The summed E-state index contributed by atoms with van der Waals surface area (Å²) < 4.78 is 51.4. The molecule has 0 aromatic heterocycles. The normalized spacial score (nSPS) is 11.1. The first-order chi connectivity index (χ1) is 9.56. The van der Waals surface area contributed by atoms with Crippen LogP contribution in [0.3, 0.4) is 0 Å². The van der Waals surface area contributed by atoms with Gasteiger partial charge in [-0.3, -0.25) is 0 Å². The van der Waals surface area contributed by atoms with Gasteiger partial charge < -0.3 is 5.32 Å². The maximum atomic E-state index is 13.4. The van der Waals surface area contributed by atoms with Gasteiger partial charge in [-0.05, 0) is 29.8 Å². The van der Waals surface area contributed by atoms with Crippen LogP contribution in [0.1, 0.15) is 23.1 Å². The molecule has 0 spiro atoms. The molecule has 0 radical (unpaired) electrons. The van der Waals surface area contributed by atoms with Gasteiger partial charge in [0.1, 0.15) is 11.6 Å². The summed E-state index contributed by atoms with van der Waals surface area (Å²) >= 11 is 0. The molecule has 0 saturated heterocycles. The summed E-state index contributed by atoms with van der Waals surface area (Å²) in [7, 11) is 0. The molecule has 20 heavy (non-hydrogen) atoms. The molecule has 0 amide bonds. The van der Waals surface area contributed by atoms with Crippen molar-refractivity contribution >= 4 is 0 Å². The molecule has 0 bridgehead atoms. The van der Waals surface area contributed by atoms with Crippen LogP contribution in [0.5, 0.6) is 0 Å². The van der Waals surface area contributed by atoms with Gasteiger partial charge in [0.2, 0.25) is 0 Å². The maximum Gasteiger partial charge on any atom is 0.263 e. The van der Waals surface area contributed by atoms with E-state index >= 15 is 0 Å². The van der Waals surface area contributed by atoms with E-state index in [1.165, 1.54) is 12.1 Å². The summed E-state index contributed by atoms with van der Waals surface area (Å²) in [4.78, 5) is 0. The highest BCUT2D eigenvalue weighted by atomic mass is 19.3. The minimum atomic E-state index is -2.52. The van der Waals surface area contributed by atoms with Crippen LogP contribution in [0.2, 0.25) is 0 Å². The van der Waals surface area contributed by atoms with Crippen molar-refractivity contribution in [2.45, 2.75) is 19.5 Å². The smallest absolute Gasteiger partial charge is 0.263 e. The predicted octanol–water partition coefficient (Wildman–Crippen LogP) is 4.19. The van der Waals surface area contributed by atoms with Gasteiger partial charge in [0.25, 0.3) is 6.43 Å². The predicted molar refractivity (Wildman–Crippen MR) is 68.3 cm³/mol. The van der Waals surface area contributed by atoms with Gasteiger partial charge in [-0.25, -0.2) is 17.6 Å². The third-order valence-electron chi connectivity index (χ3n) is 2.86. The van der Waals surface area contributed by atoms with Crippen molar-refractivity contribution in [1.29, 1.82) is 0 Å². The van der Waals surface area contributed by atoms with Crippen LogP contribution >= 0.6 is 0 Å². The lowest BCUT2D eigenvalue weighted by Gasteiger charge is -2.08. The van der Waals surface area contributed by atoms with E-state index in [0.29, 0.717) is 12.1 Å². The SMILES string of the molecule is Fc1ccc(F)c(CNCc2cccc(C(F)F)c2)c1. The minimum absolute atomic E-state index is 0.0544. The lowest BCUT2D eigenvalue weighted by atomic mass is 10.1. The van der Waals surface area contributed by atoms with Crippen LogP contribution in [0.15, 0.2) is 42.5 Å². The number of hydrogen-bond acceptors (Lipinski definition) is 1. The van der Waals surface area contributed by atoms with Gasteiger partial charge in [0, 0.05) is 24.2 Å². The quantitative estimate of drug-likeness (QED) is 0.811. The van der Waals surface area contributed by atoms with Crippen molar-refractivity contribution in [2.24, 2.45) is 0 Å². The summed E-state index contributed by atoms with van der Waals surface area (Å²) in [5.74, 6) is -1.01. The Hall–Kier alpha value is -1.88. The zero-order chi connectivity index (χ0) is 14.5.